The molecule has 0 aromatic heterocycles. The molecule has 7 nitrogen and oxygen atoms in total. The van der Waals surface area contributed by atoms with Crippen molar-refractivity contribution in [2.45, 2.75) is 18.6 Å². The van der Waals surface area contributed by atoms with Crippen LogP contribution in [0.2, 0.25) is 0 Å². The van der Waals surface area contributed by atoms with Gasteiger partial charge in [-0.1, -0.05) is 0 Å². The molecule has 0 aliphatic rings. The highest BCUT2D eigenvalue weighted by Crippen LogP contribution is 1.98. The summed E-state index contributed by atoms with van der Waals surface area (Å²) in [6, 6.07) is 0. The first-order chi connectivity index (χ1) is 9.24. The lowest BCUT2D eigenvalue weighted by Gasteiger charge is -2.18. The van der Waals surface area contributed by atoms with Crippen LogP contribution in [0.15, 0.2) is 0 Å². The predicted molar refractivity (Wildman–Crippen MR) is 68.0 cm³/mol. The largest absolute Gasteiger partial charge is 0.396 e. The first-order valence-corrected chi connectivity index (χ1v) is 6.40. The number of ether oxygens (including phenoxy) is 4. The van der Waals surface area contributed by atoms with E-state index in [9.17, 15) is 5.11 Å². The molecule has 2 atom stereocenters. The molecule has 0 radical (unpaired) electrons. The monoisotopic (exact) mass is 282 g/mol. The zero-order chi connectivity index (χ0) is 14.3. The molecule has 0 aromatic carbocycles. The van der Waals surface area contributed by atoms with Crippen LogP contribution in [0.1, 0.15) is 6.42 Å². The fourth-order valence-corrected chi connectivity index (χ4v) is 1.32. The first kappa shape index (κ1) is 18.7. The molecule has 0 aliphatic carbocycles. The van der Waals surface area contributed by atoms with Crippen LogP contribution in [0.25, 0.3) is 0 Å². The third-order valence-corrected chi connectivity index (χ3v) is 2.17. The molecular weight excluding hydrogens is 256 g/mol. The van der Waals surface area contributed by atoms with Crippen molar-refractivity contribution in [1.82, 2.24) is 0 Å². The van der Waals surface area contributed by atoms with Gasteiger partial charge < -0.3 is 34.3 Å². The van der Waals surface area contributed by atoms with E-state index in [1.54, 1.807) is 0 Å². The molecule has 0 rings (SSSR count). The molecule has 0 heterocycles. The van der Waals surface area contributed by atoms with Crippen molar-refractivity contribution < 1.29 is 34.3 Å². The lowest BCUT2D eigenvalue weighted by molar-refractivity contribution is -0.0837. The van der Waals surface area contributed by atoms with Gasteiger partial charge in [0.15, 0.2) is 0 Å². The predicted octanol–water partition coefficient (Wildman–Crippen LogP) is -1.21. The van der Waals surface area contributed by atoms with Crippen LogP contribution in [-0.4, -0.2) is 87.5 Å². The van der Waals surface area contributed by atoms with Crippen molar-refractivity contribution in [2.24, 2.45) is 0 Å². The Balaban J connectivity index is 3.72. The van der Waals surface area contributed by atoms with Gasteiger partial charge in [0.1, 0.15) is 12.2 Å². The maximum Gasteiger partial charge on any atom is 0.104 e. The highest BCUT2D eigenvalue weighted by Gasteiger charge is 2.11. The number of aliphatic hydroxyl groups excluding tert-OH is 3. The normalized spacial score (nSPS) is 14.5. The Morgan fingerprint density at radius 1 is 0.895 bits per heavy atom. The van der Waals surface area contributed by atoms with Crippen LogP contribution in [0, 0.1) is 0 Å². The zero-order valence-corrected chi connectivity index (χ0v) is 11.5. The minimum Gasteiger partial charge on any atom is -0.396 e. The zero-order valence-electron chi connectivity index (χ0n) is 11.5. The summed E-state index contributed by atoms with van der Waals surface area (Å²) in [6.45, 7) is 1.63. The van der Waals surface area contributed by atoms with E-state index in [2.05, 4.69) is 0 Å². The van der Waals surface area contributed by atoms with Crippen LogP contribution >= 0.6 is 0 Å². The highest BCUT2D eigenvalue weighted by molar-refractivity contribution is 4.58. The van der Waals surface area contributed by atoms with E-state index in [1.165, 1.54) is 7.11 Å². The number of aliphatic hydroxyl groups is 3. The fraction of sp³-hybridized carbons (Fsp3) is 1.00. The van der Waals surface area contributed by atoms with Gasteiger partial charge in [0.05, 0.1) is 39.6 Å². The molecule has 2 unspecified atom stereocenters. The second-order valence-electron chi connectivity index (χ2n) is 4.02. The molecular formula is C12H26O7. The molecule has 0 bridgehead atoms. The van der Waals surface area contributed by atoms with Crippen molar-refractivity contribution >= 4 is 0 Å². The summed E-state index contributed by atoms with van der Waals surface area (Å²) in [5.41, 5.74) is 0. The Labute approximate surface area is 114 Å². The minimum atomic E-state index is -0.668. The maximum atomic E-state index is 9.39. The van der Waals surface area contributed by atoms with Crippen molar-refractivity contribution in [1.29, 1.82) is 0 Å². The summed E-state index contributed by atoms with van der Waals surface area (Å²) in [6.07, 6.45) is -0.403. The van der Waals surface area contributed by atoms with Crippen LogP contribution in [-0.2, 0) is 18.9 Å². The lowest BCUT2D eigenvalue weighted by atomic mass is 10.4. The SMILES string of the molecule is COCC(O)COCC(COCCCO)OCCO. The summed E-state index contributed by atoms with van der Waals surface area (Å²) in [5.74, 6) is 0. The summed E-state index contributed by atoms with van der Waals surface area (Å²) in [5, 5.41) is 26.7. The molecule has 0 saturated heterocycles. The second kappa shape index (κ2) is 14.1. The van der Waals surface area contributed by atoms with E-state index in [-0.39, 0.29) is 45.7 Å². The molecule has 0 spiro atoms. The second-order valence-corrected chi connectivity index (χ2v) is 4.02. The topological polar surface area (TPSA) is 97.6 Å². The van der Waals surface area contributed by atoms with E-state index in [4.69, 9.17) is 29.2 Å². The first-order valence-electron chi connectivity index (χ1n) is 6.40. The van der Waals surface area contributed by atoms with Crippen molar-refractivity contribution in [2.75, 3.05) is 60.0 Å². The fourth-order valence-electron chi connectivity index (χ4n) is 1.32. The van der Waals surface area contributed by atoms with Gasteiger partial charge >= 0.3 is 0 Å². The smallest absolute Gasteiger partial charge is 0.104 e. The van der Waals surface area contributed by atoms with Gasteiger partial charge in [0, 0.05) is 20.3 Å². The third-order valence-electron chi connectivity index (χ3n) is 2.17. The average molecular weight is 282 g/mol. The minimum absolute atomic E-state index is 0.0700. The maximum absolute atomic E-state index is 9.39. The molecule has 0 saturated carbocycles. The van der Waals surface area contributed by atoms with E-state index < -0.39 is 6.10 Å². The molecule has 0 fully saturated rings. The summed E-state index contributed by atoms with van der Waals surface area (Å²) < 4.78 is 20.7. The van der Waals surface area contributed by atoms with Gasteiger partial charge in [-0.05, 0) is 6.42 Å². The Morgan fingerprint density at radius 3 is 2.26 bits per heavy atom. The van der Waals surface area contributed by atoms with Gasteiger partial charge in [-0.25, -0.2) is 0 Å². The molecule has 0 aliphatic heterocycles. The van der Waals surface area contributed by atoms with Crippen LogP contribution in [0.4, 0.5) is 0 Å². The van der Waals surface area contributed by atoms with Crippen LogP contribution in [0.3, 0.4) is 0 Å². The quantitative estimate of drug-likeness (QED) is 0.344. The van der Waals surface area contributed by atoms with Crippen molar-refractivity contribution in [3.05, 3.63) is 0 Å². The standard InChI is InChI=1S/C12H26O7/c1-16-7-11(15)8-18-10-12(19-6-4-14)9-17-5-2-3-13/h11-15H,2-10H2,1H3. The summed E-state index contributed by atoms with van der Waals surface area (Å²) >= 11 is 0. The molecule has 0 aromatic rings. The number of rotatable bonds is 14. The number of methoxy groups -OCH3 is 1. The number of hydrogen-bond donors (Lipinski definition) is 3. The van der Waals surface area contributed by atoms with Crippen LogP contribution < -0.4 is 0 Å². The third kappa shape index (κ3) is 12.5. The van der Waals surface area contributed by atoms with E-state index in [0.29, 0.717) is 19.6 Å². The van der Waals surface area contributed by atoms with Gasteiger partial charge in [-0.15, -0.1) is 0 Å². The van der Waals surface area contributed by atoms with Gasteiger partial charge in [-0.2, -0.15) is 0 Å². The lowest BCUT2D eigenvalue weighted by Crippen LogP contribution is -2.30. The van der Waals surface area contributed by atoms with Crippen molar-refractivity contribution in [3.63, 3.8) is 0 Å². The van der Waals surface area contributed by atoms with Gasteiger partial charge in [-0.3, -0.25) is 0 Å². The van der Waals surface area contributed by atoms with E-state index in [0.717, 1.165) is 0 Å². The summed E-state index contributed by atoms with van der Waals surface area (Å²) in [4.78, 5) is 0. The van der Waals surface area contributed by atoms with Gasteiger partial charge in [0.2, 0.25) is 0 Å². The van der Waals surface area contributed by atoms with Crippen molar-refractivity contribution in [3.8, 4) is 0 Å². The van der Waals surface area contributed by atoms with Crippen LogP contribution in [0.5, 0.6) is 0 Å². The summed E-state index contributed by atoms with van der Waals surface area (Å²) in [7, 11) is 1.51. The molecule has 116 valence electrons. The molecule has 3 N–H and O–H groups in total. The Morgan fingerprint density at radius 2 is 1.63 bits per heavy atom. The Bertz CT molecular complexity index is 179. The van der Waals surface area contributed by atoms with Gasteiger partial charge in [0.25, 0.3) is 0 Å². The number of hydrogen-bond acceptors (Lipinski definition) is 7. The molecule has 19 heavy (non-hydrogen) atoms. The molecule has 0 amide bonds. The average Bonchev–Trinajstić information content (AvgIpc) is 2.40. The Kier molecular flexibility index (Phi) is 13.9. The van der Waals surface area contributed by atoms with E-state index in [1.807, 2.05) is 0 Å². The van der Waals surface area contributed by atoms with E-state index >= 15 is 0 Å². The highest BCUT2D eigenvalue weighted by atomic mass is 16.6. The molecule has 7 heteroatoms. The Hall–Kier alpha value is -0.280.